The molecule has 1 saturated carbocycles. The zero-order valence-corrected chi connectivity index (χ0v) is 13.3. The van der Waals surface area contributed by atoms with Gasteiger partial charge in [0.2, 0.25) is 0 Å². The van der Waals surface area contributed by atoms with Crippen molar-refractivity contribution in [3.63, 3.8) is 0 Å². The second kappa shape index (κ2) is 6.91. The first kappa shape index (κ1) is 15.1. The van der Waals surface area contributed by atoms with Gasteiger partial charge in [-0.15, -0.1) is 0 Å². The molecule has 0 atom stereocenters. The number of rotatable bonds is 5. The molecule has 1 aliphatic carbocycles. The summed E-state index contributed by atoms with van der Waals surface area (Å²) in [4.78, 5) is 11.3. The molecule has 0 spiro atoms. The first-order valence-electron chi connectivity index (χ1n) is 7.91. The van der Waals surface area contributed by atoms with Crippen molar-refractivity contribution in [2.45, 2.75) is 58.4 Å². The zero-order valence-electron chi connectivity index (χ0n) is 13.3. The Kier molecular flexibility index (Phi) is 5.21. The van der Waals surface area contributed by atoms with Crippen LogP contribution in [0.5, 0.6) is 0 Å². The van der Waals surface area contributed by atoms with Crippen molar-refractivity contribution in [2.24, 2.45) is 5.92 Å². The third-order valence-corrected chi connectivity index (χ3v) is 4.53. The van der Waals surface area contributed by atoms with Gasteiger partial charge in [0.1, 0.15) is 18.0 Å². The maximum Gasteiger partial charge on any atom is 0.137 e. The Labute approximate surface area is 123 Å². The van der Waals surface area contributed by atoms with Crippen molar-refractivity contribution < 1.29 is 0 Å². The Balaban J connectivity index is 2.22. The van der Waals surface area contributed by atoms with Crippen LogP contribution in [0.3, 0.4) is 0 Å². The zero-order chi connectivity index (χ0) is 14.5. The molecule has 1 aliphatic rings. The van der Waals surface area contributed by atoms with Gasteiger partial charge in [0.05, 0.1) is 0 Å². The van der Waals surface area contributed by atoms with Crippen molar-refractivity contribution in [1.29, 1.82) is 0 Å². The number of nitrogens with zero attached hydrogens (tertiary/aromatic N) is 3. The van der Waals surface area contributed by atoms with E-state index >= 15 is 0 Å². The summed E-state index contributed by atoms with van der Waals surface area (Å²) in [6.45, 7) is 4.57. The fraction of sp³-hybridized carbons (Fsp3) is 0.750. The van der Waals surface area contributed by atoms with Gasteiger partial charge < -0.3 is 10.2 Å². The molecule has 0 aliphatic heterocycles. The highest BCUT2D eigenvalue weighted by Gasteiger charge is 2.24. The summed E-state index contributed by atoms with van der Waals surface area (Å²) < 4.78 is 0. The average Bonchev–Trinajstić information content (AvgIpc) is 2.48. The van der Waals surface area contributed by atoms with E-state index in [4.69, 9.17) is 0 Å². The van der Waals surface area contributed by atoms with Crippen molar-refractivity contribution in [3.05, 3.63) is 11.9 Å². The first-order chi connectivity index (χ1) is 9.67. The van der Waals surface area contributed by atoms with Crippen LogP contribution in [0.15, 0.2) is 6.33 Å². The predicted octanol–water partition coefficient (Wildman–Crippen LogP) is 3.49. The van der Waals surface area contributed by atoms with Crippen LogP contribution in [0.1, 0.15) is 51.5 Å². The average molecular weight is 276 g/mol. The molecule has 0 radical (unpaired) electrons. The van der Waals surface area contributed by atoms with Gasteiger partial charge in [0.15, 0.2) is 0 Å². The van der Waals surface area contributed by atoms with Crippen molar-refractivity contribution in [3.8, 4) is 0 Å². The molecule has 20 heavy (non-hydrogen) atoms. The Hall–Kier alpha value is -1.32. The first-order valence-corrected chi connectivity index (χ1v) is 7.91. The van der Waals surface area contributed by atoms with Gasteiger partial charge in [0.25, 0.3) is 0 Å². The number of hydrogen-bond acceptors (Lipinski definition) is 4. The fourth-order valence-corrected chi connectivity index (χ4v) is 3.21. The van der Waals surface area contributed by atoms with E-state index < -0.39 is 0 Å². The van der Waals surface area contributed by atoms with Gasteiger partial charge in [0, 0.05) is 25.7 Å². The lowest BCUT2D eigenvalue weighted by Gasteiger charge is -2.35. The second-order valence-corrected chi connectivity index (χ2v) is 6.05. The molecule has 0 saturated heterocycles. The number of anilines is 2. The molecule has 0 unspecified atom stereocenters. The summed E-state index contributed by atoms with van der Waals surface area (Å²) >= 11 is 0. The smallest absolute Gasteiger partial charge is 0.137 e. The second-order valence-electron chi connectivity index (χ2n) is 6.05. The number of hydrogen-bond donors (Lipinski definition) is 1. The van der Waals surface area contributed by atoms with Crippen LogP contribution in [-0.4, -0.2) is 30.1 Å². The van der Waals surface area contributed by atoms with E-state index in [9.17, 15) is 0 Å². The Morgan fingerprint density at radius 3 is 2.55 bits per heavy atom. The quantitative estimate of drug-likeness (QED) is 0.894. The van der Waals surface area contributed by atoms with Crippen LogP contribution in [0, 0.1) is 5.92 Å². The molecule has 0 bridgehead atoms. The third-order valence-electron chi connectivity index (χ3n) is 4.53. The van der Waals surface area contributed by atoms with Crippen LogP contribution < -0.4 is 10.2 Å². The van der Waals surface area contributed by atoms with E-state index in [0.717, 1.165) is 30.4 Å². The molecule has 4 nitrogen and oxygen atoms in total. The predicted molar refractivity (Wildman–Crippen MR) is 85.4 cm³/mol. The van der Waals surface area contributed by atoms with Crippen molar-refractivity contribution in [1.82, 2.24) is 9.97 Å². The van der Waals surface area contributed by atoms with Crippen LogP contribution in [-0.2, 0) is 6.42 Å². The Morgan fingerprint density at radius 2 is 1.95 bits per heavy atom. The summed E-state index contributed by atoms with van der Waals surface area (Å²) in [5, 5.41) is 3.21. The minimum absolute atomic E-state index is 0.626. The van der Waals surface area contributed by atoms with Gasteiger partial charge in [-0.05, 0) is 38.0 Å². The maximum absolute atomic E-state index is 4.57. The molecular weight excluding hydrogens is 248 g/mol. The van der Waals surface area contributed by atoms with Gasteiger partial charge in [-0.25, -0.2) is 9.97 Å². The normalized spacial score (nSPS) is 22.6. The molecule has 1 aromatic rings. The summed E-state index contributed by atoms with van der Waals surface area (Å²) in [6, 6.07) is 0.626. The molecule has 112 valence electrons. The van der Waals surface area contributed by atoms with Gasteiger partial charge >= 0.3 is 0 Å². The fourth-order valence-electron chi connectivity index (χ4n) is 3.21. The monoisotopic (exact) mass is 276 g/mol. The molecular formula is C16H28N4. The highest BCUT2D eigenvalue weighted by atomic mass is 15.2. The highest BCUT2D eigenvalue weighted by molar-refractivity contribution is 5.58. The Bertz CT molecular complexity index is 424. The summed E-state index contributed by atoms with van der Waals surface area (Å²) in [5.41, 5.74) is 1.26. The highest BCUT2D eigenvalue weighted by Crippen LogP contribution is 2.31. The number of nitrogens with one attached hydrogen (secondary N) is 1. The minimum atomic E-state index is 0.626. The van der Waals surface area contributed by atoms with E-state index in [-0.39, 0.29) is 0 Å². The molecule has 4 heteroatoms. The molecule has 1 fully saturated rings. The van der Waals surface area contributed by atoms with Crippen LogP contribution in [0.25, 0.3) is 0 Å². The third kappa shape index (κ3) is 3.22. The van der Waals surface area contributed by atoms with Gasteiger partial charge in [-0.1, -0.05) is 20.3 Å². The molecule has 0 amide bonds. The molecule has 2 rings (SSSR count). The maximum atomic E-state index is 4.57. The largest absolute Gasteiger partial charge is 0.373 e. The molecule has 0 aromatic carbocycles. The van der Waals surface area contributed by atoms with Crippen LogP contribution in [0.2, 0.25) is 0 Å². The standard InChI is InChI=1S/C16H28N4/c1-5-6-14-15(17-3)18-11-19-16(14)20(4)13-9-7-12(2)8-10-13/h11-13H,5-10H2,1-4H3,(H,17,18,19). The lowest BCUT2D eigenvalue weighted by Crippen LogP contribution is -2.36. The minimum Gasteiger partial charge on any atom is -0.373 e. The number of aromatic nitrogens is 2. The summed E-state index contributed by atoms with van der Waals surface area (Å²) in [6.07, 6.45) is 9.06. The van der Waals surface area contributed by atoms with E-state index in [0.29, 0.717) is 6.04 Å². The van der Waals surface area contributed by atoms with E-state index in [2.05, 4.69) is 41.1 Å². The van der Waals surface area contributed by atoms with Gasteiger partial charge in [-0.3, -0.25) is 0 Å². The van der Waals surface area contributed by atoms with Gasteiger partial charge in [-0.2, -0.15) is 0 Å². The Morgan fingerprint density at radius 1 is 1.25 bits per heavy atom. The van der Waals surface area contributed by atoms with Crippen molar-refractivity contribution in [2.75, 3.05) is 24.3 Å². The lowest BCUT2D eigenvalue weighted by atomic mass is 9.86. The summed E-state index contributed by atoms with van der Waals surface area (Å²) in [7, 11) is 4.13. The van der Waals surface area contributed by atoms with E-state index in [1.807, 2.05) is 7.05 Å². The summed E-state index contributed by atoms with van der Waals surface area (Å²) in [5.74, 6) is 2.98. The van der Waals surface area contributed by atoms with Crippen molar-refractivity contribution >= 4 is 11.6 Å². The van der Waals surface area contributed by atoms with Crippen LogP contribution >= 0.6 is 0 Å². The topological polar surface area (TPSA) is 41.1 Å². The van der Waals surface area contributed by atoms with E-state index in [1.165, 1.54) is 31.2 Å². The van der Waals surface area contributed by atoms with Crippen LogP contribution in [0.4, 0.5) is 11.6 Å². The van der Waals surface area contributed by atoms with E-state index in [1.54, 1.807) is 6.33 Å². The molecule has 1 aromatic heterocycles. The molecule has 1 heterocycles. The SMILES string of the molecule is CCCc1c(NC)ncnc1N(C)C1CCC(C)CC1. The lowest BCUT2D eigenvalue weighted by molar-refractivity contribution is 0.339. The molecule has 1 N–H and O–H groups in total.